The zero-order valence-corrected chi connectivity index (χ0v) is 20.5. The van der Waals surface area contributed by atoms with Crippen LogP contribution >= 0.6 is 0 Å². The Kier molecular flexibility index (Phi) is 7.76. The van der Waals surface area contributed by atoms with Gasteiger partial charge >= 0.3 is 12.5 Å². The Morgan fingerprint density at radius 1 is 0.868 bits per heavy atom. The van der Waals surface area contributed by atoms with E-state index >= 15 is 0 Å². The van der Waals surface area contributed by atoms with Crippen LogP contribution in [0.4, 0.5) is 32.0 Å². The molecular formula is C25H25F6N5O2. The van der Waals surface area contributed by atoms with Gasteiger partial charge in [0.1, 0.15) is 18.2 Å². The average molecular weight is 541 g/mol. The lowest BCUT2D eigenvalue weighted by atomic mass is 10.1. The highest BCUT2D eigenvalue weighted by Gasteiger charge is 2.40. The van der Waals surface area contributed by atoms with Crippen LogP contribution in [0.2, 0.25) is 0 Å². The third-order valence-electron chi connectivity index (χ3n) is 5.94. The molecule has 204 valence electrons. The van der Waals surface area contributed by atoms with Crippen molar-refractivity contribution in [3.8, 4) is 22.8 Å². The van der Waals surface area contributed by atoms with Crippen molar-refractivity contribution in [3.63, 3.8) is 0 Å². The molecular weight excluding hydrogens is 516 g/mol. The van der Waals surface area contributed by atoms with Crippen molar-refractivity contribution in [2.75, 3.05) is 32.3 Å². The number of nitrogens with one attached hydrogen (secondary N) is 1. The number of rotatable bonds is 4. The molecule has 5 rings (SSSR count). The minimum Gasteiger partial charge on any atom is -0.496 e. The summed E-state index contributed by atoms with van der Waals surface area (Å²) in [5.74, 6) is 0.207. The largest absolute Gasteiger partial charge is 0.496 e. The summed E-state index contributed by atoms with van der Waals surface area (Å²) in [6.07, 6.45) is -6.43. The second-order valence-corrected chi connectivity index (χ2v) is 8.28. The molecule has 3 heterocycles. The minimum absolute atomic E-state index is 0.256. The predicted octanol–water partition coefficient (Wildman–Crippen LogP) is 5.45. The van der Waals surface area contributed by atoms with E-state index in [1.165, 1.54) is 29.9 Å². The Bertz CT molecular complexity index is 1290. The van der Waals surface area contributed by atoms with Crippen LogP contribution in [0, 0.1) is 0 Å². The van der Waals surface area contributed by atoms with E-state index in [0.29, 0.717) is 52.1 Å². The highest BCUT2D eigenvalue weighted by molar-refractivity contribution is 5.70. The van der Waals surface area contributed by atoms with Gasteiger partial charge in [-0.25, -0.2) is 4.98 Å². The quantitative estimate of drug-likeness (QED) is 0.351. The fraction of sp³-hybridized carbons (Fsp3) is 0.320. The maximum atomic E-state index is 13.2. The van der Waals surface area contributed by atoms with Crippen LogP contribution in [0.1, 0.15) is 11.5 Å². The summed E-state index contributed by atoms with van der Waals surface area (Å²) in [7, 11) is 2.98. The number of halogens is 6. The van der Waals surface area contributed by atoms with E-state index in [-0.39, 0.29) is 13.2 Å². The molecule has 1 aromatic heterocycles. The van der Waals surface area contributed by atoms with Gasteiger partial charge in [-0.2, -0.15) is 26.3 Å². The summed E-state index contributed by atoms with van der Waals surface area (Å²) >= 11 is 0. The lowest BCUT2D eigenvalue weighted by Crippen LogP contribution is -2.36. The van der Waals surface area contributed by atoms with Crippen LogP contribution in [-0.4, -0.2) is 48.2 Å². The van der Waals surface area contributed by atoms with Crippen LogP contribution in [0.5, 0.6) is 11.5 Å². The molecule has 3 aromatic rings. The molecule has 0 bridgehead atoms. The molecule has 0 unspecified atom stereocenters. The van der Waals surface area contributed by atoms with Gasteiger partial charge in [0.15, 0.2) is 0 Å². The number of hydrogen-bond acceptors (Lipinski definition) is 6. The van der Waals surface area contributed by atoms with Crippen LogP contribution in [0.15, 0.2) is 60.9 Å². The van der Waals surface area contributed by atoms with Crippen molar-refractivity contribution in [1.82, 2.24) is 19.8 Å². The topological polar surface area (TPSA) is 54.8 Å². The van der Waals surface area contributed by atoms with Gasteiger partial charge in [-0.05, 0) is 24.3 Å². The molecule has 2 aliphatic rings. The third kappa shape index (κ3) is 5.67. The molecule has 13 heteroatoms. The SMILES string of the molecule is COc1ccccc1-c1nc(C(F)(F)F)n2c1CNCC2.COc1ccccc1N1C=CN(C(F)(F)F)C1. The van der Waals surface area contributed by atoms with Crippen molar-refractivity contribution in [1.29, 1.82) is 0 Å². The Morgan fingerprint density at radius 3 is 2.16 bits per heavy atom. The Labute approximate surface area is 214 Å². The summed E-state index contributed by atoms with van der Waals surface area (Å²) in [6.45, 7) is 0.852. The number of para-hydroxylation sites is 3. The van der Waals surface area contributed by atoms with Crippen molar-refractivity contribution in [2.24, 2.45) is 0 Å². The van der Waals surface area contributed by atoms with Gasteiger partial charge in [0.2, 0.25) is 5.82 Å². The first-order valence-electron chi connectivity index (χ1n) is 11.5. The van der Waals surface area contributed by atoms with Crippen LogP contribution in [0.3, 0.4) is 0 Å². The maximum Gasteiger partial charge on any atom is 0.485 e. The van der Waals surface area contributed by atoms with Gasteiger partial charge in [0, 0.05) is 37.6 Å². The Morgan fingerprint density at radius 2 is 1.53 bits per heavy atom. The minimum atomic E-state index is -4.47. The monoisotopic (exact) mass is 541 g/mol. The smallest absolute Gasteiger partial charge is 0.485 e. The average Bonchev–Trinajstić information content (AvgIpc) is 3.55. The van der Waals surface area contributed by atoms with Gasteiger partial charge < -0.3 is 24.3 Å². The molecule has 0 aliphatic carbocycles. The van der Waals surface area contributed by atoms with Crippen molar-refractivity contribution >= 4 is 5.69 Å². The van der Waals surface area contributed by atoms with Gasteiger partial charge in [-0.3, -0.25) is 4.90 Å². The van der Waals surface area contributed by atoms with Crippen LogP contribution in [0.25, 0.3) is 11.3 Å². The number of benzene rings is 2. The molecule has 38 heavy (non-hydrogen) atoms. The Balaban J connectivity index is 0.000000181. The predicted molar refractivity (Wildman–Crippen MR) is 128 cm³/mol. The zero-order valence-electron chi connectivity index (χ0n) is 20.5. The highest BCUT2D eigenvalue weighted by Crippen LogP contribution is 2.38. The molecule has 0 saturated carbocycles. The number of aromatic nitrogens is 2. The number of anilines is 1. The summed E-state index contributed by atoms with van der Waals surface area (Å²) in [5, 5.41) is 3.08. The molecule has 0 atom stereocenters. The van der Waals surface area contributed by atoms with E-state index in [0.717, 1.165) is 6.20 Å². The molecule has 0 radical (unpaired) electrons. The maximum absolute atomic E-state index is 13.2. The molecule has 0 saturated heterocycles. The molecule has 0 amide bonds. The van der Waals surface area contributed by atoms with Crippen LogP contribution < -0.4 is 19.7 Å². The van der Waals surface area contributed by atoms with Gasteiger partial charge in [0.05, 0.1) is 31.3 Å². The molecule has 2 aromatic carbocycles. The van der Waals surface area contributed by atoms with E-state index in [1.807, 2.05) is 0 Å². The summed E-state index contributed by atoms with van der Waals surface area (Å²) in [5.41, 5.74) is 2.05. The fourth-order valence-corrected chi connectivity index (χ4v) is 4.18. The number of nitrogens with zero attached hydrogens (tertiary/aromatic N) is 4. The number of hydrogen-bond donors (Lipinski definition) is 1. The van der Waals surface area contributed by atoms with E-state index < -0.39 is 18.3 Å². The number of ether oxygens (including phenoxy) is 2. The number of methoxy groups -OCH3 is 2. The first-order chi connectivity index (χ1) is 18.0. The highest BCUT2D eigenvalue weighted by atomic mass is 19.4. The summed E-state index contributed by atoms with van der Waals surface area (Å²) in [4.78, 5) is 5.64. The number of alkyl halides is 6. The molecule has 0 fully saturated rings. The number of imidazole rings is 1. The molecule has 2 aliphatic heterocycles. The first kappa shape index (κ1) is 27.2. The molecule has 1 N–H and O–H groups in total. The van der Waals surface area contributed by atoms with Crippen molar-refractivity contribution < 1.29 is 35.8 Å². The zero-order chi connectivity index (χ0) is 27.5. The van der Waals surface area contributed by atoms with E-state index in [1.54, 1.807) is 48.5 Å². The van der Waals surface area contributed by atoms with Gasteiger partial charge in [0.25, 0.3) is 0 Å². The lowest BCUT2D eigenvalue weighted by Gasteiger charge is -2.24. The van der Waals surface area contributed by atoms with Crippen molar-refractivity contribution in [3.05, 3.63) is 72.4 Å². The first-order valence-corrected chi connectivity index (χ1v) is 11.5. The lowest BCUT2D eigenvalue weighted by molar-refractivity contribution is -0.224. The summed E-state index contributed by atoms with van der Waals surface area (Å²) < 4.78 is 88.4. The molecule has 7 nitrogen and oxygen atoms in total. The second kappa shape index (κ2) is 10.9. The normalized spacial score (nSPS) is 15.2. The Hall–Kier alpha value is -3.87. The van der Waals surface area contributed by atoms with E-state index in [4.69, 9.17) is 9.47 Å². The van der Waals surface area contributed by atoms with E-state index in [2.05, 4.69) is 10.3 Å². The van der Waals surface area contributed by atoms with Crippen molar-refractivity contribution in [2.45, 2.75) is 25.6 Å². The molecule has 0 spiro atoms. The standard InChI is InChI=1S/C14H14F3N3O.C11H11F3N2O/c1-21-11-5-3-2-4-9(11)12-10-8-18-6-7-20(10)13(19-12)14(15,16)17;1-17-10-5-3-2-4-9(10)15-6-7-16(8-15)11(12,13)14/h2-5,18H,6-8H2,1H3;2-7H,8H2,1H3. The second-order valence-electron chi connectivity index (χ2n) is 8.28. The summed E-state index contributed by atoms with van der Waals surface area (Å²) in [6, 6.07) is 13.9. The van der Waals surface area contributed by atoms with Gasteiger partial charge in [-0.1, -0.05) is 24.3 Å². The van der Waals surface area contributed by atoms with Gasteiger partial charge in [-0.15, -0.1) is 0 Å². The number of fused-ring (bicyclic) bond motifs is 1. The van der Waals surface area contributed by atoms with E-state index in [9.17, 15) is 26.3 Å². The third-order valence-corrected chi connectivity index (χ3v) is 5.94. The van der Waals surface area contributed by atoms with Crippen LogP contribution in [-0.2, 0) is 19.3 Å². The fourth-order valence-electron chi connectivity index (χ4n) is 4.18.